The van der Waals surface area contributed by atoms with Crippen molar-refractivity contribution in [2.45, 2.75) is 52.6 Å². The molecular weight excluding hydrogens is 362 g/mol. The van der Waals surface area contributed by atoms with E-state index in [-0.39, 0.29) is 24.5 Å². The molecule has 0 aliphatic carbocycles. The van der Waals surface area contributed by atoms with Gasteiger partial charge in [-0.3, -0.25) is 4.90 Å². The molecule has 1 saturated heterocycles. The van der Waals surface area contributed by atoms with Crippen LogP contribution < -0.4 is 4.74 Å². The van der Waals surface area contributed by atoms with E-state index in [2.05, 4.69) is 20.8 Å². The Labute approximate surface area is 164 Å². The minimum Gasteiger partial charge on any atom is -0.497 e. The first-order valence-corrected chi connectivity index (χ1v) is 12.3. The Kier molecular flexibility index (Phi) is 6.94. The summed E-state index contributed by atoms with van der Waals surface area (Å²) in [5.74, 6) is 0.984. The number of rotatable bonds is 6. The van der Waals surface area contributed by atoms with Gasteiger partial charge < -0.3 is 19.0 Å². The van der Waals surface area contributed by atoms with Gasteiger partial charge in [0, 0.05) is 13.0 Å². The fraction of sp³-hybridized carbons (Fsp3) is 0.650. The number of nitrogens with zero attached hydrogens (tertiary/aromatic N) is 1. The van der Waals surface area contributed by atoms with Gasteiger partial charge in [0.15, 0.2) is 14.8 Å². The summed E-state index contributed by atoms with van der Waals surface area (Å²) < 4.78 is 16.9. The van der Waals surface area contributed by atoms with Gasteiger partial charge in [-0.1, -0.05) is 32.9 Å². The van der Waals surface area contributed by atoms with E-state index in [9.17, 15) is 9.90 Å². The van der Waals surface area contributed by atoms with E-state index in [1.54, 1.807) is 12.0 Å². The van der Waals surface area contributed by atoms with Crippen molar-refractivity contribution in [3.05, 3.63) is 29.8 Å². The Morgan fingerprint density at radius 3 is 2.41 bits per heavy atom. The molecule has 27 heavy (non-hydrogen) atoms. The molecule has 6 nitrogen and oxygen atoms in total. The zero-order valence-corrected chi connectivity index (χ0v) is 18.5. The van der Waals surface area contributed by atoms with Crippen LogP contribution in [0.4, 0.5) is 4.79 Å². The van der Waals surface area contributed by atoms with Crippen LogP contribution in [-0.4, -0.2) is 51.1 Å². The topological polar surface area (TPSA) is 68.2 Å². The number of methoxy groups -OCH3 is 1. The van der Waals surface area contributed by atoms with Gasteiger partial charge in [0.25, 0.3) is 0 Å². The largest absolute Gasteiger partial charge is 0.497 e. The maximum absolute atomic E-state index is 12.9. The van der Waals surface area contributed by atoms with Crippen molar-refractivity contribution in [1.82, 2.24) is 4.90 Å². The number of hydrogen-bond acceptors (Lipinski definition) is 5. The fourth-order valence-corrected chi connectivity index (χ4v) is 4.63. The molecule has 0 radical (unpaired) electrons. The van der Waals surface area contributed by atoms with Crippen molar-refractivity contribution in [3.8, 4) is 5.75 Å². The molecule has 1 N–H and O–H groups in total. The summed E-state index contributed by atoms with van der Waals surface area (Å²) >= 11 is 0. The fourth-order valence-electron chi connectivity index (χ4n) is 3.45. The quantitative estimate of drug-likeness (QED) is 0.748. The van der Waals surface area contributed by atoms with Gasteiger partial charge in [0.05, 0.1) is 13.7 Å². The highest BCUT2D eigenvalue weighted by Crippen LogP contribution is 2.43. The molecule has 1 heterocycles. The van der Waals surface area contributed by atoms with Crippen LogP contribution in [0.2, 0.25) is 13.1 Å². The van der Waals surface area contributed by atoms with Gasteiger partial charge in [-0.15, -0.1) is 0 Å². The first-order chi connectivity index (χ1) is 12.6. The van der Waals surface area contributed by atoms with E-state index in [1.165, 1.54) is 0 Å². The number of amides is 1. The molecule has 0 unspecified atom stereocenters. The number of aliphatic hydroxyl groups excluding tert-OH is 1. The van der Waals surface area contributed by atoms with Gasteiger partial charge in [0.2, 0.25) is 0 Å². The molecule has 1 fully saturated rings. The predicted octanol–water partition coefficient (Wildman–Crippen LogP) is 3.39. The summed E-state index contributed by atoms with van der Waals surface area (Å²) in [4.78, 5) is 14.5. The van der Waals surface area contributed by atoms with Crippen molar-refractivity contribution in [2.75, 3.05) is 20.3 Å². The lowest BCUT2D eigenvalue weighted by Crippen LogP contribution is -2.54. The maximum atomic E-state index is 12.9. The zero-order chi connectivity index (χ0) is 20.2. The predicted molar refractivity (Wildman–Crippen MR) is 107 cm³/mol. The number of aliphatic hydroxyl groups is 1. The van der Waals surface area contributed by atoms with Crippen LogP contribution >= 0.6 is 0 Å². The average Bonchev–Trinajstić information content (AvgIpc) is 2.99. The third-order valence-corrected chi connectivity index (χ3v) is 6.04. The second kappa shape index (κ2) is 8.62. The third-order valence-electron chi connectivity index (χ3n) is 5.13. The van der Waals surface area contributed by atoms with Gasteiger partial charge in [-0.05, 0) is 42.1 Å². The van der Waals surface area contributed by atoms with Crippen molar-refractivity contribution in [1.29, 1.82) is 0 Å². The molecule has 1 aromatic rings. The highest BCUT2D eigenvalue weighted by Gasteiger charge is 2.52. The Morgan fingerprint density at radius 1 is 1.30 bits per heavy atom. The van der Waals surface area contributed by atoms with E-state index < -0.39 is 20.9 Å². The lowest BCUT2D eigenvalue weighted by Gasteiger charge is -2.37. The van der Waals surface area contributed by atoms with Crippen LogP contribution in [0.3, 0.4) is 0 Å². The third kappa shape index (κ3) is 5.24. The summed E-state index contributed by atoms with van der Waals surface area (Å²) in [7, 11) is 0.130. The minimum atomic E-state index is -1.48. The summed E-state index contributed by atoms with van der Waals surface area (Å²) in [6, 6.07) is 7.40. The zero-order valence-electron chi connectivity index (χ0n) is 17.3. The Bertz CT molecular complexity index is 628. The molecule has 152 valence electrons. The first kappa shape index (κ1) is 21.7. The smallest absolute Gasteiger partial charge is 0.412 e. The van der Waals surface area contributed by atoms with Crippen LogP contribution in [0.1, 0.15) is 32.8 Å². The number of benzene rings is 1. The van der Waals surface area contributed by atoms with E-state index in [4.69, 9.17) is 13.9 Å². The van der Waals surface area contributed by atoms with Crippen LogP contribution in [-0.2, 0) is 15.8 Å². The minimum absolute atomic E-state index is 0.00727. The van der Waals surface area contributed by atoms with Gasteiger partial charge in [0.1, 0.15) is 12.4 Å². The molecule has 0 bridgehead atoms. The maximum Gasteiger partial charge on any atom is 0.412 e. The number of carbonyl (C=O) groups is 1. The number of hydrogen-bond donors (Lipinski definition) is 1. The molecule has 1 aliphatic rings. The summed E-state index contributed by atoms with van der Waals surface area (Å²) in [6.45, 7) is 11.0. The monoisotopic (exact) mass is 395 g/mol. The van der Waals surface area contributed by atoms with Gasteiger partial charge >= 0.3 is 6.09 Å². The molecule has 2 rings (SSSR count). The SMILES string of the molecule is COc1ccc(COC(=O)N2C[C@@H](C(C)(C)C)C[C@@]2(CO)O[SiH](C)C)cc1. The summed E-state index contributed by atoms with van der Waals surface area (Å²) in [5, 5.41) is 10.1. The highest BCUT2D eigenvalue weighted by molar-refractivity contribution is 6.48. The second-order valence-corrected chi connectivity index (χ2v) is 10.9. The Hall–Kier alpha value is -1.57. The lowest BCUT2D eigenvalue weighted by molar-refractivity contribution is -0.0877. The molecule has 7 heteroatoms. The van der Waals surface area contributed by atoms with Crippen LogP contribution in [0.15, 0.2) is 24.3 Å². The molecule has 1 aromatic carbocycles. The van der Waals surface area contributed by atoms with Crippen molar-refractivity contribution < 1.29 is 23.8 Å². The van der Waals surface area contributed by atoms with Crippen LogP contribution in [0.5, 0.6) is 5.75 Å². The second-order valence-electron chi connectivity index (χ2n) is 8.55. The van der Waals surface area contributed by atoms with Gasteiger partial charge in [-0.2, -0.15) is 0 Å². The van der Waals surface area contributed by atoms with Gasteiger partial charge in [-0.25, -0.2) is 4.79 Å². The van der Waals surface area contributed by atoms with Crippen molar-refractivity contribution in [2.24, 2.45) is 11.3 Å². The van der Waals surface area contributed by atoms with Crippen molar-refractivity contribution in [3.63, 3.8) is 0 Å². The number of ether oxygens (including phenoxy) is 2. The van der Waals surface area contributed by atoms with E-state index in [0.717, 1.165) is 11.3 Å². The average molecular weight is 396 g/mol. The van der Waals surface area contributed by atoms with E-state index in [1.807, 2.05) is 37.4 Å². The summed E-state index contributed by atoms with van der Waals surface area (Å²) in [6.07, 6.45) is 0.178. The standard InChI is InChI=1S/C20H33NO5Si/c1-19(2,3)16-11-20(14-22,26-27(5)6)21(12-16)18(23)25-13-15-7-9-17(24-4)10-8-15/h7-10,16,22,27H,11-14H2,1-6H3/t16-,20-/m0/s1. The Morgan fingerprint density at radius 2 is 1.93 bits per heavy atom. The molecule has 1 amide bonds. The summed E-state index contributed by atoms with van der Waals surface area (Å²) in [5.41, 5.74) is -0.0904. The molecule has 1 aliphatic heterocycles. The molecule has 0 saturated carbocycles. The van der Waals surface area contributed by atoms with Crippen molar-refractivity contribution >= 4 is 15.1 Å². The van der Waals surface area contributed by atoms with E-state index >= 15 is 0 Å². The molecule has 2 atom stereocenters. The molecule has 0 spiro atoms. The molecular formula is C20H33NO5Si. The van der Waals surface area contributed by atoms with Crippen LogP contribution in [0.25, 0.3) is 0 Å². The van der Waals surface area contributed by atoms with Crippen LogP contribution in [0, 0.1) is 11.3 Å². The lowest BCUT2D eigenvalue weighted by atomic mass is 9.79. The number of carbonyl (C=O) groups excluding carboxylic acids is 1. The normalized spacial score (nSPS) is 23.0. The molecule has 0 aromatic heterocycles. The van der Waals surface area contributed by atoms with E-state index in [0.29, 0.717) is 13.0 Å². The highest BCUT2D eigenvalue weighted by atomic mass is 28.3. The number of likely N-dealkylation sites (tertiary alicyclic amines) is 1. The first-order valence-electron chi connectivity index (χ1n) is 9.47. The Balaban J connectivity index is 2.13.